The lowest BCUT2D eigenvalue weighted by Gasteiger charge is -2.31. The van der Waals surface area contributed by atoms with Crippen LogP contribution < -0.4 is 11.2 Å². The molecule has 6 atom stereocenters. The standard InChI is InChI=1S/C25H37N5O6/c1-7-15(8-2)12-32-22(31)14(3)29-35-18-11-25(18)20-19(33-23(4,5)34-20)24(6,36-25)17-10-9-16-21(26)27-13-28-30(16)17/h9-10,13-15,18-20,29H,7-8,11-12H2,1-6H3,(H2,26,27,28)/t14-,18+,19+,20-,24-,25?/m0/s1. The van der Waals surface area contributed by atoms with Crippen LogP contribution in [0.25, 0.3) is 5.52 Å². The molecule has 2 aromatic rings. The van der Waals surface area contributed by atoms with Crippen molar-refractivity contribution in [2.24, 2.45) is 5.92 Å². The number of ether oxygens (including phenoxy) is 4. The first kappa shape index (κ1) is 25.3. The summed E-state index contributed by atoms with van der Waals surface area (Å²) < 4.78 is 26.7. The summed E-state index contributed by atoms with van der Waals surface area (Å²) in [6, 6.07) is 3.18. The largest absolute Gasteiger partial charge is 0.464 e. The summed E-state index contributed by atoms with van der Waals surface area (Å²) in [5.41, 5.74) is 8.78. The van der Waals surface area contributed by atoms with Crippen molar-refractivity contribution in [3.63, 3.8) is 0 Å². The molecular weight excluding hydrogens is 466 g/mol. The number of nitrogens with one attached hydrogen (secondary N) is 1. The van der Waals surface area contributed by atoms with Gasteiger partial charge in [-0.2, -0.15) is 10.6 Å². The lowest BCUT2D eigenvalue weighted by atomic mass is 9.93. The van der Waals surface area contributed by atoms with Crippen LogP contribution in [-0.4, -0.2) is 62.9 Å². The third-order valence-corrected chi connectivity index (χ3v) is 7.76. The van der Waals surface area contributed by atoms with Crippen molar-refractivity contribution < 1.29 is 28.6 Å². The Labute approximate surface area is 210 Å². The smallest absolute Gasteiger partial charge is 0.325 e. The fourth-order valence-corrected chi connectivity index (χ4v) is 5.42. The van der Waals surface area contributed by atoms with Gasteiger partial charge in [0.2, 0.25) is 0 Å². The average Bonchev–Trinajstić information content (AvgIpc) is 3.09. The van der Waals surface area contributed by atoms with Crippen LogP contribution in [0.2, 0.25) is 0 Å². The first-order valence-corrected chi connectivity index (χ1v) is 12.8. The number of nitrogen functional groups attached to an aromatic ring is 1. The molecule has 3 aliphatic rings. The topological polar surface area (TPSA) is 131 Å². The maximum atomic E-state index is 12.4. The number of hydrogen-bond donors (Lipinski definition) is 2. The van der Waals surface area contributed by atoms with Crippen LogP contribution in [0.5, 0.6) is 0 Å². The minimum atomic E-state index is -0.885. The van der Waals surface area contributed by atoms with E-state index in [4.69, 9.17) is 29.5 Å². The summed E-state index contributed by atoms with van der Waals surface area (Å²) in [6.07, 6.45) is 2.85. The van der Waals surface area contributed by atoms with Gasteiger partial charge >= 0.3 is 5.97 Å². The third-order valence-electron chi connectivity index (χ3n) is 7.76. The van der Waals surface area contributed by atoms with Crippen LogP contribution in [0.15, 0.2) is 18.5 Å². The van der Waals surface area contributed by atoms with Gasteiger partial charge in [0.1, 0.15) is 47.4 Å². The average molecular weight is 504 g/mol. The number of rotatable bonds is 9. The summed E-state index contributed by atoms with van der Waals surface area (Å²) in [4.78, 5) is 22.5. The van der Waals surface area contributed by atoms with Crippen molar-refractivity contribution >= 4 is 17.3 Å². The van der Waals surface area contributed by atoms with Gasteiger partial charge in [0.25, 0.3) is 0 Å². The zero-order valence-corrected chi connectivity index (χ0v) is 21.8. The van der Waals surface area contributed by atoms with Gasteiger partial charge in [0, 0.05) is 6.42 Å². The van der Waals surface area contributed by atoms with Crippen molar-refractivity contribution in [3.8, 4) is 0 Å². The SMILES string of the molecule is CCC(CC)COC(=O)[C@H](C)NO[C@@H]1CC12O[C@@](C)(c1ccc3c(N)ncnn13)[C@@H]1OC(C)(C)O[C@@H]12. The number of esters is 1. The molecule has 2 aromatic heterocycles. The molecule has 2 aliphatic heterocycles. The van der Waals surface area contributed by atoms with E-state index in [1.54, 1.807) is 11.4 Å². The molecule has 3 N–H and O–H groups in total. The Kier molecular flexibility index (Phi) is 6.27. The summed E-state index contributed by atoms with van der Waals surface area (Å²) in [6.45, 7) is 12.1. The number of hydrogen-bond acceptors (Lipinski definition) is 10. The molecule has 5 rings (SSSR count). The van der Waals surface area contributed by atoms with E-state index >= 15 is 0 Å². The highest BCUT2D eigenvalue weighted by molar-refractivity contribution is 5.75. The molecule has 4 heterocycles. The van der Waals surface area contributed by atoms with Gasteiger partial charge in [-0.1, -0.05) is 26.7 Å². The first-order valence-electron chi connectivity index (χ1n) is 12.8. The Morgan fingerprint density at radius 2 is 1.97 bits per heavy atom. The van der Waals surface area contributed by atoms with Crippen LogP contribution in [0.4, 0.5) is 5.82 Å². The minimum absolute atomic E-state index is 0.329. The Hall–Kier alpha value is -2.31. The third kappa shape index (κ3) is 4.06. The van der Waals surface area contributed by atoms with E-state index in [-0.39, 0.29) is 18.2 Å². The van der Waals surface area contributed by atoms with Gasteiger partial charge in [-0.3, -0.25) is 9.63 Å². The monoisotopic (exact) mass is 503 g/mol. The maximum Gasteiger partial charge on any atom is 0.325 e. The fraction of sp³-hybridized carbons (Fsp3) is 0.720. The molecule has 11 nitrogen and oxygen atoms in total. The van der Waals surface area contributed by atoms with Crippen LogP contribution in [-0.2, 0) is 34.2 Å². The van der Waals surface area contributed by atoms with E-state index in [1.807, 2.05) is 32.9 Å². The molecule has 0 bridgehead atoms. The van der Waals surface area contributed by atoms with Crippen molar-refractivity contribution in [2.45, 2.75) is 102 Å². The van der Waals surface area contributed by atoms with Crippen molar-refractivity contribution in [3.05, 3.63) is 24.2 Å². The molecule has 2 saturated heterocycles. The quantitative estimate of drug-likeness (QED) is 0.388. The molecule has 1 aliphatic carbocycles. The molecule has 1 unspecified atom stereocenters. The number of carbonyl (C=O) groups excluding carboxylic acids is 1. The van der Waals surface area contributed by atoms with Crippen molar-refractivity contribution in [1.82, 2.24) is 20.1 Å². The second kappa shape index (κ2) is 8.91. The zero-order chi connectivity index (χ0) is 25.9. The number of carbonyl (C=O) groups is 1. The summed E-state index contributed by atoms with van der Waals surface area (Å²) in [5.74, 6) is -0.384. The van der Waals surface area contributed by atoms with Gasteiger partial charge < -0.3 is 24.7 Å². The highest BCUT2D eigenvalue weighted by Crippen LogP contribution is 2.62. The van der Waals surface area contributed by atoms with Crippen LogP contribution in [0.1, 0.15) is 66.5 Å². The van der Waals surface area contributed by atoms with Crippen LogP contribution >= 0.6 is 0 Å². The molecule has 198 valence electrons. The summed E-state index contributed by atoms with van der Waals surface area (Å²) in [7, 11) is 0. The number of fused-ring (bicyclic) bond motifs is 3. The number of hydroxylamine groups is 1. The van der Waals surface area contributed by atoms with Crippen LogP contribution in [0.3, 0.4) is 0 Å². The minimum Gasteiger partial charge on any atom is -0.464 e. The van der Waals surface area contributed by atoms with E-state index in [1.165, 1.54) is 6.33 Å². The molecular formula is C25H37N5O6. The fourth-order valence-electron chi connectivity index (χ4n) is 5.42. The molecule has 0 amide bonds. The van der Waals surface area contributed by atoms with Gasteiger partial charge in [-0.25, -0.2) is 9.50 Å². The van der Waals surface area contributed by atoms with Crippen molar-refractivity contribution in [1.29, 1.82) is 0 Å². The highest BCUT2D eigenvalue weighted by Gasteiger charge is 2.78. The second-order valence-electron chi connectivity index (χ2n) is 10.8. The molecule has 36 heavy (non-hydrogen) atoms. The number of nitrogens with two attached hydrogens (primary N) is 1. The van der Waals surface area contributed by atoms with Gasteiger partial charge in [-0.15, -0.1) is 0 Å². The van der Waals surface area contributed by atoms with E-state index in [2.05, 4.69) is 29.4 Å². The molecule has 3 fully saturated rings. The Balaban J connectivity index is 1.31. The predicted octanol–water partition coefficient (Wildman–Crippen LogP) is 2.48. The van der Waals surface area contributed by atoms with Crippen LogP contribution in [0, 0.1) is 5.92 Å². The Morgan fingerprint density at radius 1 is 1.25 bits per heavy atom. The molecule has 1 spiro atoms. The number of anilines is 1. The van der Waals surface area contributed by atoms with E-state index < -0.39 is 29.1 Å². The van der Waals surface area contributed by atoms with E-state index in [0.717, 1.165) is 18.5 Å². The molecule has 11 heteroatoms. The Morgan fingerprint density at radius 3 is 2.69 bits per heavy atom. The zero-order valence-electron chi connectivity index (χ0n) is 21.8. The normalized spacial score (nSPS) is 33.4. The predicted molar refractivity (Wildman–Crippen MR) is 130 cm³/mol. The molecule has 1 saturated carbocycles. The molecule has 0 radical (unpaired) electrons. The second-order valence-corrected chi connectivity index (χ2v) is 10.8. The van der Waals surface area contributed by atoms with E-state index in [0.29, 0.717) is 30.3 Å². The summed E-state index contributed by atoms with van der Waals surface area (Å²) >= 11 is 0. The van der Waals surface area contributed by atoms with Gasteiger partial charge in [0.05, 0.1) is 12.3 Å². The molecule has 0 aromatic carbocycles. The van der Waals surface area contributed by atoms with Gasteiger partial charge in [-0.05, 0) is 45.7 Å². The number of nitrogens with zero attached hydrogens (tertiary/aromatic N) is 3. The lowest BCUT2D eigenvalue weighted by molar-refractivity contribution is -0.222. The first-order chi connectivity index (χ1) is 17.0. The van der Waals surface area contributed by atoms with Crippen molar-refractivity contribution in [2.75, 3.05) is 12.3 Å². The highest BCUT2D eigenvalue weighted by atomic mass is 16.8. The van der Waals surface area contributed by atoms with E-state index in [9.17, 15) is 4.79 Å². The summed E-state index contributed by atoms with van der Waals surface area (Å²) in [5, 5.41) is 4.40. The van der Waals surface area contributed by atoms with Gasteiger partial charge in [0.15, 0.2) is 11.6 Å². The number of aromatic nitrogens is 3. The lowest BCUT2D eigenvalue weighted by Crippen LogP contribution is -2.40. The maximum absolute atomic E-state index is 12.4. The Bertz CT molecular complexity index is 1140.